The number of anilines is 3. The fraction of sp³-hybridized carbons (Fsp3) is 0.400. The van der Waals surface area contributed by atoms with Crippen molar-refractivity contribution in [3.63, 3.8) is 0 Å². The second kappa shape index (κ2) is 10.4. The van der Waals surface area contributed by atoms with Crippen molar-refractivity contribution < 1.29 is 27.8 Å². The maximum Gasteiger partial charge on any atom is 0.573 e. The summed E-state index contributed by atoms with van der Waals surface area (Å²) in [7, 11) is 2.02. The molecule has 1 amide bonds. The van der Waals surface area contributed by atoms with Crippen molar-refractivity contribution in [2.45, 2.75) is 25.6 Å². The average Bonchev–Trinajstić information content (AvgIpc) is 3.24. The van der Waals surface area contributed by atoms with Crippen LogP contribution in [0.3, 0.4) is 0 Å². The van der Waals surface area contributed by atoms with Crippen molar-refractivity contribution in [3.8, 4) is 17.0 Å². The summed E-state index contributed by atoms with van der Waals surface area (Å²) in [6.45, 7) is 3.03. The van der Waals surface area contributed by atoms with Gasteiger partial charge in [-0.1, -0.05) is 0 Å². The molecule has 5 rings (SSSR count). The SMILES string of the molecule is CN1CCN(c2ccc(OC(F)(F)F)c(Nc3ncc4c(n3)-c3c(CCO)sc(C(N)=O)c3CC4)c2)CC1. The molecule has 38 heavy (non-hydrogen) atoms. The second-order valence-corrected chi connectivity index (χ2v) is 10.4. The third kappa shape index (κ3) is 5.40. The third-order valence-electron chi connectivity index (χ3n) is 6.69. The normalized spacial score (nSPS) is 15.7. The van der Waals surface area contributed by atoms with Crippen LogP contribution in [0.5, 0.6) is 5.75 Å². The number of primary amides is 1. The van der Waals surface area contributed by atoms with Crippen molar-refractivity contribution in [2.24, 2.45) is 5.73 Å². The van der Waals surface area contributed by atoms with Gasteiger partial charge in [-0.05, 0) is 49.2 Å². The summed E-state index contributed by atoms with van der Waals surface area (Å²) in [4.78, 5) is 26.5. The number of alkyl halides is 3. The van der Waals surface area contributed by atoms with Crippen molar-refractivity contribution in [1.82, 2.24) is 14.9 Å². The second-order valence-electron chi connectivity index (χ2n) is 9.26. The molecule has 0 unspecified atom stereocenters. The number of carbonyl (C=O) groups excluding carboxylic acids is 1. The summed E-state index contributed by atoms with van der Waals surface area (Å²) in [6.07, 6.45) is -1.76. The van der Waals surface area contributed by atoms with Gasteiger partial charge in [-0.25, -0.2) is 9.97 Å². The number of likely N-dealkylation sites (N-methyl/N-ethyl adjacent to an activating group) is 1. The summed E-state index contributed by atoms with van der Waals surface area (Å²) in [5.74, 6) is -0.855. The highest BCUT2D eigenvalue weighted by atomic mass is 32.1. The Morgan fingerprint density at radius 2 is 2.00 bits per heavy atom. The smallest absolute Gasteiger partial charge is 0.404 e. The maximum absolute atomic E-state index is 13.2. The molecule has 0 atom stereocenters. The Morgan fingerprint density at radius 3 is 2.68 bits per heavy atom. The first-order valence-electron chi connectivity index (χ1n) is 12.1. The van der Waals surface area contributed by atoms with E-state index in [1.54, 1.807) is 18.3 Å². The minimum Gasteiger partial charge on any atom is -0.404 e. The van der Waals surface area contributed by atoms with E-state index < -0.39 is 18.0 Å². The average molecular weight is 549 g/mol. The molecule has 1 saturated heterocycles. The summed E-state index contributed by atoms with van der Waals surface area (Å²) >= 11 is 1.24. The highest BCUT2D eigenvalue weighted by molar-refractivity contribution is 7.14. The molecule has 3 aromatic rings. The van der Waals surface area contributed by atoms with Crippen LogP contribution in [-0.4, -0.2) is 72.1 Å². The number of piperazine rings is 1. The fourth-order valence-corrected chi connectivity index (χ4v) is 6.03. The van der Waals surface area contributed by atoms with E-state index >= 15 is 0 Å². The lowest BCUT2D eigenvalue weighted by molar-refractivity contribution is -0.274. The zero-order valence-electron chi connectivity index (χ0n) is 20.6. The number of halogens is 3. The van der Waals surface area contributed by atoms with E-state index in [0.29, 0.717) is 29.8 Å². The molecular formula is C25H27F3N6O3S. The summed E-state index contributed by atoms with van der Waals surface area (Å²) in [6, 6.07) is 4.50. The van der Waals surface area contributed by atoms with E-state index in [2.05, 4.69) is 29.8 Å². The molecule has 13 heteroatoms. The molecular weight excluding hydrogens is 521 g/mol. The first kappa shape index (κ1) is 26.2. The number of aryl methyl sites for hydroxylation is 1. The first-order chi connectivity index (χ1) is 18.1. The Hall–Kier alpha value is -3.42. The number of carbonyl (C=O) groups is 1. The zero-order valence-corrected chi connectivity index (χ0v) is 21.5. The quantitative estimate of drug-likeness (QED) is 0.412. The van der Waals surface area contributed by atoms with Crippen LogP contribution in [0.15, 0.2) is 24.4 Å². The molecule has 0 spiro atoms. The van der Waals surface area contributed by atoms with Crippen LogP contribution in [0.25, 0.3) is 11.3 Å². The lowest BCUT2D eigenvalue weighted by Crippen LogP contribution is -2.44. The number of amides is 1. The third-order valence-corrected chi connectivity index (χ3v) is 8.00. The van der Waals surface area contributed by atoms with Crippen LogP contribution in [0, 0.1) is 0 Å². The van der Waals surface area contributed by atoms with Gasteiger partial charge in [-0.15, -0.1) is 24.5 Å². The number of fused-ring (bicyclic) bond motifs is 3. The van der Waals surface area contributed by atoms with Crippen LogP contribution < -0.4 is 20.7 Å². The molecule has 4 N–H and O–H groups in total. The molecule has 1 fully saturated rings. The molecule has 3 heterocycles. The van der Waals surface area contributed by atoms with Crippen molar-refractivity contribution in [1.29, 1.82) is 0 Å². The number of hydrogen-bond donors (Lipinski definition) is 3. The highest BCUT2D eigenvalue weighted by Gasteiger charge is 2.33. The minimum absolute atomic E-state index is 0.0773. The molecule has 0 bridgehead atoms. The number of nitrogens with zero attached hydrogens (tertiary/aromatic N) is 4. The van der Waals surface area contributed by atoms with Crippen molar-refractivity contribution in [3.05, 3.63) is 45.3 Å². The van der Waals surface area contributed by atoms with Gasteiger partial charge in [0.15, 0.2) is 5.75 Å². The molecule has 2 aromatic heterocycles. The van der Waals surface area contributed by atoms with Crippen LogP contribution >= 0.6 is 11.3 Å². The number of rotatable bonds is 7. The Balaban J connectivity index is 1.52. The Labute approximate surface area is 221 Å². The summed E-state index contributed by atoms with van der Waals surface area (Å²) in [5, 5.41) is 12.5. The molecule has 9 nitrogen and oxygen atoms in total. The van der Waals surface area contributed by atoms with Crippen LogP contribution in [-0.2, 0) is 19.3 Å². The van der Waals surface area contributed by atoms with Crippen molar-refractivity contribution in [2.75, 3.05) is 50.1 Å². The molecule has 2 aliphatic rings. The van der Waals surface area contributed by atoms with Gasteiger partial charge in [0.2, 0.25) is 5.95 Å². The van der Waals surface area contributed by atoms with E-state index in [1.807, 2.05) is 7.05 Å². The fourth-order valence-electron chi connectivity index (χ4n) is 4.84. The van der Waals surface area contributed by atoms with E-state index in [1.165, 1.54) is 17.4 Å². The zero-order chi connectivity index (χ0) is 27.0. The summed E-state index contributed by atoms with van der Waals surface area (Å²) in [5.41, 5.74) is 9.37. The van der Waals surface area contributed by atoms with Gasteiger partial charge in [0.1, 0.15) is 0 Å². The Kier molecular flexibility index (Phi) is 7.16. The lowest BCUT2D eigenvalue weighted by atomic mass is 9.89. The van der Waals surface area contributed by atoms with E-state index in [9.17, 15) is 23.1 Å². The predicted octanol–water partition coefficient (Wildman–Crippen LogP) is 3.33. The number of thiophene rings is 1. The Morgan fingerprint density at radius 1 is 1.24 bits per heavy atom. The van der Waals surface area contributed by atoms with Gasteiger partial charge in [0.25, 0.3) is 5.91 Å². The topological polar surface area (TPSA) is 117 Å². The molecule has 1 aliphatic heterocycles. The summed E-state index contributed by atoms with van der Waals surface area (Å²) < 4.78 is 43.8. The maximum atomic E-state index is 13.2. The van der Waals surface area contributed by atoms with E-state index in [4.69, 9.17) is 5.73 Å². The molecule has 1 aliphatic carbocycles. The number of ether oxygens (including phenoxy) is 1. The van der Waals surface area contributed by atoms with E-state index in [-0.39, 0.29) is 18.2 Å². The number of nitrogens with one attached hydrogen (secondary N) is 1. The molecule has 0 radical (unpaired) electrons. The van der Waals surface area contributed by atoms with Crippen LogP contribution in [0.2, 0.25) is 0 Å². The van der Waals surface area contributed by atoms with E-state index in [0.717, 1.165) is 53.4 Å². The lowest BCUT2D eigenvalue weighted by Gasteiger charge is -2.34. The standard InChI is InChI=1S/C25H27F3N6O3S/c1-33-7-9-34(10-8-33)15-3-5-18(37-25(26,27)28)17(12-15)31-24-30-13-14-2-4-16-20(21(14)32-24)19(6-11-35)38-22(16)23(29)36/h3,5,12-13,35H,2,4,6-11H2,1H3,(H2,29,36)(H,30,31,32). The number of aliphatic hydroxyl groups excluding tert-OH is 1. The van der Waals surface area contributed by atoms with Gasteiger partial charge in [-0.3, -0.25) is 4.79 Å². The number of hydrogen-bond acceptors (Lipinski definition) is 9. The number of benzene rings is 1. The van der Waals surface area contributed by atoms with Gasteiger partial charge in [0.05, 0.1) is 16.3 Å². The largest absolute Gasteiger partial charge is 0.573 e. The monoisotopic (exact) mass is 548 g/mol. The first-order valence-corrected chi connectivity index (χ1v) is 13.0. The van der Waals surface area contributed by atoms with Crippen molar-refractivity contribution >= 4 is 34.6 Å². The predicted molar refractivity (Wildman–Crippen MR) is 138 cm³/mol. The van der Waals surface area contributed by atoms with Gasteiger partial charge in [-0.2, -0.15) is 0 Å². The van der Waals surface area contributed by atoms with Crippen LogP contribution in [0.4, 0.5) is 30.5 Å². The number of aliphatic hydroxyl groups is 1. The van der Waals surface area contributed by atoms with Crippen LogP contribution in [0.1, 0.15) is 25.7 Å². The number of aromatic nitrogens is 2. The van der Waals surface area contributed by atoms with Gasteiger partial charge >= 0.3 is 6.36 Å². The minimum atomic E-state index is -4.88. The Bertz CT molecular complexity index is 1350. The number of nitrogens with two attached hydrogens (primary N) is 1. The molecule has 1 aromatic carbocycles. The molecule has 202 valence electrons. The highest BCUT2D eigenvalue weighted by Crippen LogP contribution is 2.42. The van der Waals surface area contributed by atoms with Gasteiger partial charge < -0.3 is 30.7 Å². The molecule has 0 saturated carbocycles. The van der Waals surface area contributed by atoms with Gasteiger partial charge in [0, 0.05) is 61.5 Å².